The molecule has 0 spiro atoms. The lowest BCUT2D eigenvalue weighted by molar-refractivity contribution is -0.141. The molecule has 11 heteroatoms. The quantitative estimate of drug-likeness (QED) is 0.443. The summed E-state index contributed by atoms with van der Waals surface area (Å²) in [6.45, 7) is 0.609. The van der Waals surface area contributed by atoms with Crippen molar-refractivity contribution in [3.63, 3.8) is 0 Å². The first kappa shape index (κ1) is 21.8. The van der Waals surface area contributed by atoms with Gasteiger partial charge in [0.15, 0.2) is 0 Å². The predicted molar refractivity (Wildman–Crippen MR) is 121 cm³/mol. The van der Waals surface area contributed by atoms with Crippen LogP contribution in [0, 0.1) is 0 Å². The number of pyridine rings is 2. The number of fused-ring (bicyclic) bond motifs is 5. The molecule has 5 heterocycles. The van der Waals surface area contributed by atoms with Gasteiger partial charge in [-0.2, -0.15) is 18.3 Å². The van der Waals surface area contributed by atoms with E-state index in [0.29, 0.717) is 47.2 Å². The molecule has 0 saturated carbocycles. The van der Waals surface area contributed by atoms with Crippen LogP contribution in [0.5, 0.6) is 0 Å². The SMILES string of the molecule is Cn1ncc2c(N)nc3cc4c(cc3c21)C(=O)N(C1COCc2nc(C(F)(F)F)ccc21)CCC4. The highest BCUT2D eigenvalue weighted by molar-refractivity contribution is 6.10. The second-order valence-electron chi connectivity index (χ2n) is 8.92. The van der Waals surface area contributed by atoms with Crippen LogP contribution < -0.4 is 5.73 Å². The van der Waals surface area contributed by atoms with Gasteiger partial charge in [-0.05, 0) is 36.6 Å². The van der Waals surface area contributed by atoms with E-state index in [1.54, 1.807) is 22.8 Å². The van der Waals surface area contributed by atoms with Crippen molar-refractivity contribution in [2.75, 3.05) is 18.9 Å². The summed E-state index contributed by atoms with van der Waals surface area (Å²) in [4.78, 5) is 23.9. The van der Waals surface area contributed by atoms with Gasteiger partial charge in [-0.15, -0.1) is 0 Å². The van der Waals surface area contributed by atoms with Crippen LogP contribution in [0.2, 0.25) is 0 Å². The molecule has 0 radical (unpaired) electrons. The number of carbonyl (C=O) groups is 1. The van der Waals surface area contributed by atoms with Gasteiger partial charge in [-0.1, -0.05) is 6.07 Å². The molecule has 4 aromatic rings. The van der Waals surface area contributed by atoms with Crippen LogP contribution in [0.3, 0.4) is 0 Å². The van der Waals surface area contributed by atoms with Crippen molar-refractivity contribution in [3.05, 3.63) is 58.5 Å². The molecular weight excluding hydrogens is 461 g/mol. The number of ether oxygens (including phenoxy) is 1. The highest BCUT2D eigenvalue weighted by Crippen LogP contribution is 2.37. The Bertz CT molecular complexity index is 1510. The number of nitrogens with two attached hydrogens (primary N) is 1. The molecule has 1 amide bonds. The first-order valence-electron chi connectivity index (χ1n) is 11.2. The standard InChI is InChI=1S/C24H21F3N6O2/c1-32-21-15-8-14-12(7-17(15)31-22(28)16(21)9-29-32)3-2-6-33(23(14)34)19-11-35-10-18-13(19)4-5-20(30-18)24(25,26)27/h4-5,7-9,19H,2-3,6,10-11H2,1H3,(H2,28,31). The second-order valence-corrected chi connectivity index (χ2v) is 8.92. The summed E-state index contributed by atoms with van der Waals surface area (Å²) in [5, 5.41) is 5.76. The largest absolute Gasteiger partial charge is 0.433 e. The molecule has 0 bridgehead atoms. The van der Waals surface area contributed by atoms with E-state index in [1.807, 2.05) is 12.1 Å². The first-order chi connectivity index (χ1) is 16.7. The molecule has 2 aliphatic rings. The fraction of sp³-hybridized carbons (Fsp3) is 0.333. The minimum atomic E-state index is -4.55. The van der Waals surface area contributed by atoms with Crippen LogP contribution in [0.4, 0.5) is 19.0 Å². The second kappa shape index (κ2) is 7.64. The van der Waals surface area contributed by atoms with E-state index in [2.05, 4.69) is 15.1 Å². The molecule has 35 heavy (non-hydrogen) atoms. The number of nitrogen functional groups attached to an aromatic ring is 1. The number of amides is 1. The zero-order chi connectivity index (χ0) is 24.5. The maximum atomic E-state index is 13.8. The van der Waals surface area contributed by atoms with Gasteiger partial charge in [0.2, 0.25) is 0 Å². The Kier molecular flexibility index (Phi) is 4.75. The van der Waals surface area contributed by atoms with E-state index < -0.39 is 17.9 Å². The number of anilines is 1. The molecule has 3 aromatic heterocycles. The topological polar surface area (TPSA) is 99.2 Å². The molecular formula is C24H21F3N6O2. The Labute approximate surface area is 197 Å². The van der Waals surface area contributed by atoms with Crippen molar-refractivity contribution in [1.82, 2.24) is 24.6 Å². The molecule has 6 rings (SSSR count). The monoisotopic (exact) mass is 482 g/mol. The van der Waals surface area contributed by atoms with Crippen LogP contribution in [-0.2, 0) is 31.0 Å². The van der Waals surface area contributed by atoms with Gasteiger partial charge in [0.25, 0.3) is 5.91 Å². The Hall–Kier alpha value is -3.73. The van der Waals surface area contributed by atoms with E-state index in [0.717, 1.165) is 22.5 Å². The molecule has 0 aliphatic carbocycles. The number of benzene rings is 1. The fourth-order valence-electron chi connectivity index (χ4n) is 5.15. The first-order valence-corrected chi connectivity index (χ1v) is 11.2. The summed E-state index contributed by atoms with van der Waals surface area (Å²) >= 11 is 0. The average molecular weight is 482 g/mol. The van der Waals surface area contributed by atoms with Gasteiger partial charge in [-0.25, -0.2) is 9.97 Å². The van der Waals surface area contributed by atoms with Crippen LogP contribution in [0.15, 0.2) is 30.5 Å². The van der Waals surface area contributed by atoms with Crippen LogP contribution >= 0.6 is 0 Å². The zero-order valence-electron chi connectivity index (χ0n) is 18.8. The van der Waals surface area contributed by atoms with Gasteiger partial charge in [0.05, 0.1) is 47.6 Å². The van der Waals surface area contributed by atoms with Crippen LogP contribution in [0.1, 0.15) is 45.3 Å². The third-order valence-electron chi connectivity index (χ3n) is 6.82. The number of aromatic nitrogens is 4. The molecule has 1 aromatic carbocycles. The summed E-state index contributed by atoms with van der Waals surface area (Å²) in [7, 11) is 1.81. The average Bonchev–Trinajstić information content (AvgIpc) is 3.15. The Morgan fingerprint density at radius 3 is 2.80 bits per heavy atom. The van der Waals surface area contributed by atoms with E-state index in [9.17, 15) is 18.0 Å². The smallest absolute Gasteiger partial charge is 0.383 e. The number of nitrogens with zero attached hydrogens (tertiary/aromatic N) is 5. The maximum absolute atomic E-state index is 13.8. The van der Waals surface area contributed by atoms with Crippen molar-refractivity contribution >= 4 is 33.5 Å². The molecule has 0 fully saturated rings. The summed E-state index contributed by atoms with van der Waals surface area (Å²) in [5.41, 5.74) is 8.85. The minimum absolute atomic E-state index is 0.0232. The summed E-state index contributed by atoms with van der Waals surface area (Å²) < 4.78 is 46.8. The molecule has 1 atom stereocenters. The minimum Gasteiger partial charge on any atom is -0.383 e. The van der Waals surface area contributed by atoms with E-state index in [-0.39, 0.29) is 24.8 Å². The number of halogens is 3. The van der Waals surface area contributed by atoms with Crippen molar-refractivity contribution in [3.8, 4) is 0 Å². The van der Waals surface area contributed by atoms with Gasteiger partial charge in [0.1, 0.15) is 11.5 Å². The Morgan fingerprint density at radius 2 is 2.00 bits per heavy atom. The normalized spacial score (nSPS) is 18.6. The van der Waals surface area contributed by atoms with Crippen molar-refractivity contribution in [2.24, 2.45) is 7.05 Å². The van der Waals surface area contributed by atoms with E-state index >= 15 is 0 Å². The summed E-state index contributed by atoms with van der Waals surface area (Å²) in [6.07, 6.45) is -1.55. The van der Waals surface area contributed by atoms with Gasteiger partial charge < -0.3 is 15.4 Å². The van der Waals surface area contributed by atoms with Crippen molar-refractivity contribution in [2.45, 2.75) is 31.7 Å². The summed E-state index contributed by atoms with van der Waals surface area (Å²) in [6, 6.07) is 5.60. The van der Waals surface area contributed by atoms with Gasteiger partial charge >= 0.3 is 6.18 Å². The lowest BCUT2D eigenvalue weighted by Crippen LogP contribution is -2.39. The summed E-state index contributed by atoms with van der Waals surface area (Å²) in [5.74, 6) is 0.178. The number of aryl methyl sites for hydroxylation is 2. The maximum Gasteiger partial charge on any atom is 0.433 e. The number of rotatable bonds is 1. The third-order valence-corrected chi connectivity index (χ3v) is 6.82. The highest BCUT2D eigenvalue weighted by Gasteiger charge is 2.37. The fourth-order valence-corrected chi connectivity index (χ4v) is 5.15. The molecule has 1 unspecified atom stereocenters. The number of alkyl halides is 3. The lowest BCUT2D eigenvalue weighted by Gasteiger charge is -2.35. The number of hydrogen-bond donors (Lipinski definition) is 1. The van der Waals surface area contributed by atoms with Crippen molar-refractivity contribution < 1.29 is 22.7 Å². The number of carbonyl (C=O) groups excluding carboxylic acids is 1. The molecule has 180 valence electrons. The predicted octanol–water partition coefficient (Wildman–Crippen LogP) is 3.78. The van der Waals surface area contributed by atoms with E-state index in [4.69, 9.17) is 10.5 Å². The van der Waals surface area contributed by atoms with Crippen LogP contribution in [0.25, 0.3) is 21.8 Å². The molecule has 2 aliphatic heterocycles. The molecule has 0 saturated heterocycles. The Morgan fingerprint density at radius 1 is 1.17 bits per heavy atom. The zero-order valence-corrected chi connectivity index (χ0v) is 18.8. The lowest BCUT2D eigenvalue weighted by atomic mass is 9.98. The molecule has 2 N–H and O–H groups in total. The molecule has 8 nitrogen and oxygen atoms in total. The Balaban J connectivity index is 1.45. The van der Waals surface area contributed by atoms with Crippen LogP contribution in [-0.4, -0.2) is 43.7 Å². The van der Waals surface area contributed by atoms with Gasteiger partial charge in [-0.3, -0.25) is 9.48 Å². The number of hydrogen-bond acceptors (Lipinski definition) is 6. The highest BCUT2D eigenvalue weighted by atomic mass is 19.4. The van der Waals surface area contributed by atoms with E-state index in [1.165, 1.54) is 6.07 Å². The van der Waals surface area contributed by atoms with Gasteiger partial charge in [0, 0.05) is 30.1 Å². The third kappa shape index (κ3) is 3.41. The van der Waals surface area contributed by atoms with Crippen molar-refractivity contribution in [1.29, 1.82) is 0 Å².